The zero-order valence-electron chi connectivity index (χ0n) is 14.4. The number of benzene rings is 1. The van der Waals surface area contributed by atoms with Gasteiger partial charge in [0.15, 0.2) is 0 Å². The van der Waals surface area contributed by atoms with Gasteiger partial charge in [0.2, 0.25) is 0 Å². The Morgan fingerprint density at radius 3 is 2.54 bits per heavy atom. The molecule has 24 heavy (non-hydrogen) atoms. The minimum atomic E-state index is 0.846. The molecule has 0 radical (unpaired) electrons. The fourth-order valence-electron chi connectivity index (χ4n) is 2.60. The summed E-state index contributed by atoms with van der Waals surface area (Å²) in [4.78, 5) is 11.8. The van der Waals surface area contributed by atoms with E-state index < -0.39 is 0 Å². The third-order valence-corrected chi connectivity index (χ3v) is 5.19. The summed E-state index contributed by atoms with van der Waals surface area (Å²) in [7, 11) is 1.69. The Morgan fingerprint density at radius 2 is 1.88 bits per heavy atom. The maximum atomic E-state index is 5.20. The van der Waals surface area contributed by atoms with Crippen LogP contribution in [0, 0.1) is 0 Å². The van der Waals surface area contributed by atoms with Crippen molar-refractivity contribution in [2.24, 2.45) is 0 Å². The predicted octanol–water partition coefficient (Wildman–Crippen LogP) is 4.48. The molecule has 0 amide bonds. The number of aryl methyl sites for hydroxylation is 2. The van der Waals surface area contributed by atoms with Crippen LogP contribution in [0.25, 0.3) is 10.2 Å². The number of aromatic nitrogens is 2. The number of hydrogen-bond acceptors (Lipinski definition) is 5. The third kappa shape index (κ3) is 3.67. The van der Waals surface area contributed by atoms with Gasteiger partial charge in [-0.1, -0.05) is 26.0 Å². The summed E-state index contributed by atoms with van der Waals surface area (Å²) in [5, 5.41) is 4.64. The lowest BCUT2D eigenvalue weighted by atomic mass is 10.1. The summed E-state index contributed by atoms with van der Waals surface area (Å²) < 4.78 is 5.20. The van der Waals surface area contributed by atoms with Gasteiger partial charge in [-0.15, -0.1) is 11.3 Å². The molecule has 0 unspecified atom stereocenters. The van der Waals surface area contributed by atoms with Crippen molar-refractivity contribution >= 4 is 27.4 Å². The van der Waals surface area contributed by atoms with E-state index in [2.05, 4.69) is 42.3 Å². The van der Waals surface area contributed by atoms with E-state index in [0.29, 0.717) is 0 Å². The number of nitrogens with zero attached hydrogens (tertiary/aromatic N) is 2. The van der Waals surface area contributed by atoms with Gasteiger partial charge in [0.1, 0.15) is 22.2 Å². The monoisotopic (exact) mass is 341 g/mol. The molecule has 0 saturated carbocycles. The van der Waals surface area contributed by atoms with Gasteiger partial charge in [-0.3, -0.25) is 0 Å². The Hall–Kier alpha value is -2.14. The highest BCUT2D eigenvalue weighted by atomic mass is 32.1. The fourth-order valence-corrected chi connectivity index (χ4v) is 3.59. The summed E-state index contributed by atoms with van der Waals surface area (Å²) in [6.07, 6.45) is 2.83. The molecule has 0 atom stereocenters. The van der Waals surface area contributed by atoms with E-state index in [-0.39, 0.29) is 0 Å². The average Bonchev–Trinajstić information content (AvgIpc) is 3.05. The predicted molar refractivity (Wildman–Crippen MR) is 101 cm³/mol. The molecule has 126 valence electrons. The van der Waals surface area contributed by atoms with Crippen LogP contribution >= 0.6 is 11.3 Å². The molecule has 3 rings (SSSR count). The van der Waals surface area contributed by atoms with Crippen LogP contribution in [0.4, 0.5) is 5.82 Å². The first-order valence-electron chi connectivity index (χ1n) is 8.39. The fraction of sp³-hybridized carbons (Fsp3) is 0.368. The highest BCUT2D eigenvalue weighted by molar-refractivity contribution is 7.18. The van der Waals surface area contributed by atoms with Crippen molar-refractivity contribution in [3.63, 3.8) is 0 Å². The van der Waals surface area contributed by atoms with Crippen molar-refractivity contribution in [2.45, 2.75) is 33.1 Å². The van der Waals surface area contributed by atoms with Crippen LogP contribution < -0.4 is 10.1 Å². The van der Waals surface area contributed by atoms with E-state index in [1.807, 2.05) is 12.1 Å². The molecule has 5 heteroatoms. The van der Waals surface area contributed by atoms with Gasteiger partial charge < -0.3 is 10.1 Å². The van der Waals surface area contributed by atoms with Crippen LogP contribution in [0.5, 0.6) is 5.75 Å². The van der Waals surface area contributed by atoms with Gasteiger partial charge >= 0.3 is 0 Å². The summed E-state index contributed by atoms with van der Waals surface area (Å²) in [5.74, 6) is 2.75. The smallest absolute Gasteiger partial charge is 0.138 e. The molecule has 2 heterocycles. The van der Waals surface area contributed by atoms with Crippen LogP contribution in [-0.2, 0) is 19.3 Å². The van der Waals surface area contributed by atoms with Crippen LogP contribution in [0.3, 0.4) is 0 Å². The molecule has 2 aromatic heterocycles. The molecule has 1 N–H and O–H groups in total. The maximum Gasteiger partial charge on any atom is 0.138 e. The van der Waals surface area contributed by atoms with Crippen molar-refractivity contribution in [2.75, 3.05) is 19.0 Å². The number of rotatable bonds is 7. The van der Waals surface area contributed by atoms with Gasteiger partial charge in [-0.2, -0.15) is 0 Å². The quantitative estimate of drug-likeness (QED) is 0.688. The molecule has 0 fully saturated rings. The largest absolute Gasteiger partial charge is 0.497 e. The van der Waals surface area contributed by atoms with E-state index >= 15 is 0 Å². The summed E-state index contributed by atoms with van der Waals surface area (Å²) in [6, 6.07) is 10.4. The van der Waals surface area contributed by atoms with Crippen molar-refractivity contribution in [3.8, 4) is 5.75 Å². The Labute approximate surface area is 146 Å². The van der Waals surface area contributed by atoms with Crippen LogP contribution in [0.15, 0.2) is 30.3 Å². The molecule has 0 bridgehead atoms. The zero-order chi connectivity index (χ0) is 16.9. The Morgan fingerprint density at radius 1 is 1.08 bits per heavy atom. The van der Waals surface area contributed by atoms with E-state index in [0.717, 1.165) is 53.4 Å². The lowest BCUT2D eigenvalue weighted by Crippen LogP contribution is -2.08. The Kier molecular flexibility index (Phi) is 5.30. The van der Waals surface area contributed by atoms with Gasteiger partial charge in [-0.05, 0) is 36.6 Å². The van der Waals surface area contributed by atoms with E-state index in [9.17, 15) is 0 Å². The molecule has 4 nitrogen and oxygen atoms in total. The zero-order valence-corrected chi connectivity index (χ0v) is 15.2. The number of hydrogen-bond donors (Lipinski definition) is 1. The molecular weight excluding hydrogens is 318 g/mol. The minimum Gasteiger partial charge on any atom is -0.497 e. The second-order valence-corrected chi connectivity index (χ2v) is 6.77. The normalized spacial score (nSPS) is 11.0. The first kappa shape index (κ1) is 16.7. The minimum absolute atomic E-state index is 0.846. The second-order valence-electron chi connectivity index (χ2n) is 5.65. The molecule has 0 saturated heterocycles. The number of fused-ring (bicyclic) bond motifs is 1. The Balaban J connectivity index is 1.74. The van der Waals surface area contributed by atoms with Crippen molar-refractivity contribution in [1.82, 2.24) is 9.97 Å². The SMILES string of the molecule is CCc1nc(NCCc2ccc(OC)cc2)c2cc(CC)sc2n1. The number of ether oxygens (including phenoxy) is 1. The average molecular weight is 341 g/mol. The molecule has 0 aliphatic carbocycles. The van der Waals surface area contributed by atoms with Crippen molar-refractivity contribution in [3.05, 3.63) is 46.6 Å². The summed E-state index contributed by atoms with van der Waals surface area (Å²) in [6.45, 7) is 5.12. The third-order valence-electron chi connectivity index (χ3n) is 4.02. The lowest BCUT2D eigenvalue weighted by Gasteiger charge is -2.09. The van der Waals surface area contributed by atoms with E-state index in [4.69, 9.17) is 9.72 Å². The highest BCUT2D eigenvalue weighted by Gasteiger charge is 2.10. The molecule has 3 aromatic rings. The van der Waals surface area contributed by atoms with Gasteiger partial charge in [0.25, 0.3) is 0 Å². The molecular formula is C19H23N3OS. The van der Waals surface area contributed by atoms with Crippen LogP contribution in [0.2, 0.25) is 0 Å². The van der Waals surface area contributed by atoms with Crippen LogP contribution in [-0.4, -0.2) is 23.6 Å². The van der Waals surface area contributed by atoms with Crippen LogP contribution in [0.1, 0.15) is 30.1 Å². The van der Waals surface area contributed by atoms with Gasteiger partial charge in [-0.25, -0.2) is 9.97 Å². The van der Waals surface area contributed by atoms with Crippen molar-refractivity contribution in [1.29, 1.82) is 0 Å². The summed E-state index contributed by atoms with van der Waals surface area (Å²) >= 11 is 1.77. The van der Waals surface area contributed by atoms with E-state index in [1.165, 1.54) is 10.4 Å². The number of thiophene rings is 1. The topological polar surface area (TPSA) is 47.0 Å². The molecule has 0 spiro atoms. The maximum absolute atomic E-state index is 5.20. The lowest BCUT2D eigenvalue weighted by molar-refractivity contribution is 0.414. The molecule has 0 aliphatic heterocycles. The number of methoxy groups -OCH3 is 1. The van der Waals surface area contributed by atoms with Crippen molar-refractivity contribution < 1.29 is 4.74 Å². The standard InChI is InChI=1S/C19H23N3OS/c1-4-15-12-16-18(21-17(5-2)22-19(16)24-15)20-11-10-13-6-8-14(23-3)9-7-13/h6-9,12H,4-5,10-11H2,1-3H3,(H,20,21,22). The molecule has 0 aliphatic rings. The van der Waals surface area contributed by atoms with E-state index in [1.54, 1.807) is 18.4 Å². The summed E-state index contributed by atoms with van der Waals surface area (Å²) in [5.41, 5.74) is 1.28. The number of anilines is 1. The molecule has 1 aromatic carbocycles. The Bertz CT molecular complexity index is 811. The second kappa shape index (κ2) is 7.62. The first-order valence-corrected chi connectivity index (χ1v) is 9.21. The number of nitrogens with one attached hydrogen (secondary N) is 1. The first-order chi connectivity index (χ1) is 11.7. The van der Waals surface area contributed by atoms with Gasteiger partial charge in [0.05, 0.1) is 12.5 Å². The van der Waals surface area contributed by atoms with Gasteiger partial charge in [0, 0.05) is 17.8 Å². The highest BCUT2D eigenvalue weighted by Crippen LogP contribution is 2.29.